The Morgan fingerprint density at radius 2 is 1.96 bits per heavy atom. The van der Waals surface area contributed by atoms with E-state index in [0.717, 1.165) is 5.56 Å². The average Bonchev–Trinajstić information content (AvgIpc) is 2.85. The molecule has 0 bridgehead atoms. The zero-order valence-electron chi connectivity index (χ0n) is 15.2. The van der Waals surface area contributed by atoms with Gasteiger partial charge in [-0.2, -0.15) is 10.4 Å². The van der Waals surface area contributed by atoms with E-state index in [-0.39, 0.29) is 11.1 Å². The maximum Gasteiger partial charge on any atom is 0.272 e. The van der Waals surface area contributed by atoms with Crippen molar-refractivity contribution < 1.29 is 4.79 Å². The van der Waals surface area contributed by atoms with Crippen molar-refractivity contribution in [2.24, 2.45) is 7.05 Å². The molecule has 0 aliphatic rings. The molecular weight excluding hydrogens is 336 g/mol. The number of halogens is 1. The highest BCUT2D eigenvalue weighted by Crippen LogP contribution is 2.25. The quantitative estimate of drug-likeness (QED) is 0.900. The van der Waals surface area contributed by atoms with E-state index >= 15 is 0 Å². The number of nitriles is 1. The Kier molecular flexibility index (Phi) is 5.54. The topological polar surface area (TPSA) is 70.7 Å². The largest absolute Gasteiger partial charge is 0.331 e. The summed E-state index contributed by atoms with van der Waals surface area (Å²) in [6.45, 7) is 8.30. The van der Waals surface area contributed by atoms with E-state index in [1.807, 2.05) is 31.2 Å². The van der Waals surface area contributed by atoms with E-state index in [4.69, 9.17) is 11.6 Å². The van der Waals surface area contributed by atoms with Gasteiger partial charge in [0.15, 0.2) is 0 Å². The zero-order valence-corrected chi connectivity index (χ0v) is 16.0. The third kappa shape index (κ3) is 4.02. The van der Waals surface area contributed by atoms with E-state index in [1.165, 1.54) is 10.2 Å². The number of carbonyl (C=O) groups is 1. The van der Waals surface area contributed by atoms with E-state index < -0.39 is 11.9 Å². The molecule has 1 aromatic carbocycles. The SMILES string of the molecule is CCc1nn(C)c(C(=O)NC(C#N)c2ccc(C(C)(C)C)cc2)c1Cl. The lowest BCUT2D eigenvalue weighted by atomic mass is 9.86. The third-order valence-electron chi connectivity index (χ3n) is 4.12. The standard InChI is InChI=1S/C19H23ClN4O/c1-6-14-16(20)17(24(5)23-14)18(25)22-15(11-21)12-7-9-13(10-8-12)19(2,3)4/h7-10,15H,6H2,1-5H3,(H,22,25). The van der Waals surface area contributed by atoms with Crippen molar-refractivity contribution in [3.63, 3.8) is 0 Å². The lowest BCUT2D eigenvalue weighted by Crippen LogP contribution is -2.29. The molecule has 2 aromatic rings. The summed E-state index contributed by atoms with van der Waals surface area (Å²) < 4.78 is 1.45. The second kappa shape index (κ2) is 7.28. The molecule has 1 atom stereocenters. The fraction of sp³-hybridized carbons (Fsp3) is 0.421. The van der Waals surface area contributed by atoms with E-state index in [9.17, 15) is 10.1 Å². The van der Waals surface area contributed by atoms with Crippen LogP contribution in [-0.4, -0.2) is 15.7 Å². The highest BCUT2D eigenvalue weighted by molar-refractivity contribution is 6.34. The van der Waals surface area contributed by atoms with Crippen LogP contribution in [0.3, 0.4) is 0 Å². The molecule has 1 heterocycles. The fourth-order valence-corrected chi connectivity index (χ4v) is 2.97. The van der Waals surface area contributed by atoms with Crippen LogP contribution >= 0.6 is 11.6 Å². The van der Waals surface area contributed by atoms with E-state index in [0.29, 0.717) is 17.1 Å². The second-order valence-corrected chi connectivity index (χ2v) is 7.37. The summed E-state index contributed by atoms with van der Waals surface area (Å²) in [5.74, 6) is -0.411. The van der Waals surface area contributed by atoms with Crippen molar-refractivity contribution in [1.82, 2.24) is 15.1 Å². The number of aryl methyl sites for hydroxylation is 2. The number of aromatic nitrogens is 2. The minimum Gasteiger partial charge on any atom is -0.331 e. The molecule has 1 aromatic heterocycles. The van der Waals surface area contributed by atoms with Gasteiger partial charge < -0.3 is 5.32 Å². The Balaban J connectivity index is 2.24. The first-order chi connectivity index (χ1) is 11.7. The minimum absolute atomic E-state index is 0.0305. The molecule has 25 heavy (non-hydrogen) atoms. The number of rotatable bonds is 4. The molecule has 6 heteroatoms. The van der Waals surface area contributed by atoms with Crippen LogP contribution < -0.4 is 5.32 Å². The molecule has 0 radical (unpaired) electrons. The third-order valence-corrected chi connectivity index (χ3v) is 4.52. The van der Waals surface area contributed by atoms with E-state index in [2.05, 4.69) is 37.3 Å². The van der Waals surface area contributed by atoms with Gasteiger partial charge in [-0.3, -0.25) is 9.48 Å². The summed E-state index contributed by atoms with van der Waals surface area (Å²) >= 11 is 6.24. The summed E-state index contributed by atoms with van der Waals surface area (Å²) in [7, 11) is 1.67. The van der Waals surface area contributed by atoms with Crippen molar-refractivity contribution >= 4 is 17.5 Å². The predicted molar refractivity (Wildman–Crippen MR) is 98.6 cm³/mol. The van der Waals surface area contributed by atoms with Crippen LogP contribution in [-0.2, 0) is 18.9 Å². The van der Waals surface area contributed by atoms with Crippen LogP contribution in [0.15, 0.2) is 24.3 Å². The lowest BCUT2D eigenvalue weighted by molar-refractivity contribution is 0.0936. The maximum atomic E-state index is 12.6. The molecule has 0 saturated carbocycles. The highest BCUT2D eigenvalue weighted by Gasteiger charge is 2.23. The Labute approximate surface area is 153 Å². The van der Waals surface area contributed by atoms with Gasteiger partial charge in [-0.1, -0.05) is 63.6 Å². The van der Waals surface area contributed by atoms with Gasteiger partial charge in [0.05, 0.1) is 16.8 Å². The predicted octanol–water partition coefficient (Wildman–Crippen LogP) is 3.93. The van der Waals surface area contributed by atoms with Gasteiger partial charge in [-0.05, 0) is 23.0 Å². The molecule has 0 saturated heterocycles. The monoisotopic (exact) mass is 358 g/mol. The van der Waals surface area contributed by atoms with Gasteiger partial charge >= 0.3 is 0 Å². The number of hydrogen-bond acceptors (Lipinski definition) is 3. The number of hydrogen-bond donors (Lipinski definition) is 1. The van der Waals surface area contributed by atoms with Gasteiger partial charge in [0, 0.05) is 7.05 Å². The summed E-state index contributed by atoms with van der Waals surface area (Å²) in [6, 6.07) is 9.09. The number of nitrogens with zero attached hydrogens (tertiary/aromatic N) is 3. The summed E-state index contributed by atoms with van der Waals surface area (Å²) in [5.41, 5.74) is 2.87. The number of amides is 1. The number of nitrogens with one attached hydrogen (secondary N) is 1. The van der Waals surface area contributed by atoms with Crippen molar-refractivity contribution in [2.45, 2.75) is 45.6 Å². The Hall–Kier alpha value is -2.32. The summed E-state index contributed by atoms with van der Waals surface area (Å²) in [6.07, 6.45) is 0.635. The molecule has 1 unspecified atom stereocenters. The van der Waals surface area contributed by atoms with Gasteiger partial charge in [0.1, 0.15) is 11.7 Å². The molecule has 0 aliphatic heterocycles. The van der Waals surface area contributed by atoms with Crippen LogP contribution in [0, 0.1) is 11.3 Å². The molecule has 0 spiro atoms. The van der Waals surface area contributed by atoms with Crippen LogP contribution in [0.1, 0.15) is 61.0 Å². The first-order valence-corrected chi connectivity index (χ1v) is 8.59. The van der Waals surface area contributed by atoms with Gasteiger partial charge in [-0.25, -0.2) is 0 Å². The minimum atomic E-state index is -0.752. The molecule has 0 fully saturated rings. The first kappa shape index (κ1) is 19.0. The molecule has 5 nitrogen and oxygen atoms in total. The van der Waals surface area contributed by atoms with Crippen molar-refractivity contribution in [1.29, 1.82) is 5.26 Å². The second-order valence-electron chi connectivity index (χ2n) is 6.99. The Bertz CT molecular complexity index is 810. The van der Waals surface area contributed by atoms with Crippen LogP contribution in [0.5, 0.6) is 0 Å². The van der Waals surface area contributed by atoms with Crippen molar-refractivity contribution in [3.05, 3.63) is 51.8 Å². The van der Waals surface area contributed by atoms with Crippen LogP contribution in [0.25, 0.3) is 0 Å². The lowest BCUT2D eigenvalue weighted by Gasteiger charge is -2.20. The molecule has 0 aliphatic carbocycles. The van der Waals surface area contributed by atoms with Gasteiger partial charge in [0.2, 0.25) is 0 Å². The first-order valence-electron chi connectivity index (χ1n) is 8.21. The number of benzene rings is 1. The Morgan fingerprint density at radius 1 is 1.36 bits per heavy atom. The van der Waals surface area contributed by atoms with Crippen molar-refractivity contribution in [3.8, 4) is 6.07 Å². The van der Waals surface area contributed by atoms with Crippen molar-refractivity contribution in [2.75, 3.05) is 0 Å². The molecular formula is C19H23ClN4O. The normalized spacial score (nSPS) is 12.5. The summed E-state index contributed by atoms with van der Waals surface area (Å²) in [4.78, 5) is 12.6. The zero-order chi connectivity index (χ0) is 18.8. The van der Waals surface area contributed by atoms with Gasteiger partial charge in [-0.15, -0.1) is 0 Å². The fourth-order valence-electron chi connectivity index (χ4n) is 2.59. The van der Waals surface area contributed by atoms with Gasteiger partial charge in [0.25, 0.3) is 5.91 Å². The number of carbonyl (C=O) groups excluding carboxylic acids is 1. The molecule has 1 N–H and O–H groups in total. The van der Waals surface area contributed by atoms with Crippen LogP contribution in [0.4, 0.5) is 0 Å². The average molecular weight is 359 g/mol. The maximum absolute atomic E-state index is 12.6. The van der Waals surface area contributed by atoms with Crippen LogP contribution in [0.2, 0.25) is 5.02 Å². The van der Waals surface area contributed by atoms with E-state index in [1.54, 1.807) is 7.05 Å². The highest BCUT2D eigenvalue weighted by atomic mass is 35.5. The smallest absolute Gasteiger partial charge is 0.272 e. The molecule has 2 rings (SSSR count). The Morgan fingerprint density at radius 3 is 2.40 bits per heavy atom. The molecule has 132 valence electrons. The molecule has 1 amide bonds. The summed E-state index contributed by atoms with van der Waals surface area (Å²) in [5, 5.41) is 16.8.